The van der Waals surface area contributed by atoms with Crippen molar-refractivity contribution < 1.29 is 9.47 Å². The lowest BCUT2D eigenvalue weighted by Gasteiger charge is -2.28. The van der Waals surface area contributed by atoms with Gasteiger partial charge in [-0.25, -0.2) is 0 Å². The quantitative estimate of drug-likeness (QED) is 0.836. The zero-order chi connectivity index (χ0) is 11.8. The third kappa shape index (κ3) is 1.69. The van der Waals surface area contributed by atoms with E-state index in [9.17, 15) is 0 Å². The predicted octanol–water partition coefficient (Wildman–Crippen LogP) is 2.45. The first kappa shape index (κ1) is 11.2. The highest BCUT2D eigenvalue weighted by molar-refractivity contribution is 6.33. The fourth-order valence-electron chi connectivity index (χ4n) is 2.70. The Kier molecular flexibility index (Phi) is 2.89. The first-order valence-corrected chi connectivity index (χ1v) is 6.52. The van der Waals surface area contributed by atoms with Crippen molar-refractivity contribution in [2.45, 2.75) is 32.2 Å². The van der Waals surface area contributed by atoms with Gasteiger partial charge in [0, 0.05) is 23.2 Å². The van der Waals surface area contributed by atoms with Crippen molar-refractivity contribution in [3.05, 3.63) is 21.7 Å². The highest BCUT2D eigenvalue weighted by atomic mass is 35.5. The van der Waals surface area contributed by atoms with E-state index in [2.05, 4.69) is 0 Å². The Labute approximate surface area is 106 Å². The third-order valence-corrected chi connectivity index (χ3v) is 3.89. The number of fused-ring (bicyclic) bond motifs is 2. The van der Waals surface area contributed by atoms with Crippen LogP contribution < -0.4 is 15.2 Å². The van der Waals surface area contributed by atoms with E-state index in [1.807, 2.05) is 0 Å². The van der Waals surface area contributed by atoms with Crippen molar-refractivity contribution >= 4 is 11.6 Å². The lowest BCUT2D eigenvalue weighted by molar-refractivity contribution is 0.270. The van der Waals surface area contributed by atoms with Crippen molar-refractivity contribution in [3.63, 3.8) is 0 Å². The molecular weight excluding hydrogens is 238 g/mol. The molecule has 0 atom stereocenters. The van der Waals surface area contributed by atoms with Gasteiger partial charge in [0.05, 0.1) is 18.2 Å². The predicted molar refractivity (Wildman–Crippen MR) is 67.0 cm³/mol. The Morgan fingerprint density at radius 3 is 2.35 bits per heavy atom. The lowest BCUT2D eigenvalue weighted by atomic mass is 9.93. The largest absolute Gasteiger partial charge is 0.493 e. The Morgan fingerprint density at radius 2 is 1.65 bits per heavy atom. The van der Waals surface area contributed by atoms with E-state index in [4.69, 9.17) is 26.8 Å². The maximum absolute atomic E-state index is 6.43. The van der Waals surface area contributed by atoms with Crippen LogP contribution in [-0.4, -0.2) is 13.2 Å². The van der Waals surface area contributed by atoms with Crippen molar-refractivity contribution in [2.24, 2.45) is 5.73 Å². The normalized spacial score (nSPS) is 17.8. The minimum Gasteiger partial charge on any atom is -0.493 e. The fourth-order valence-corrected chi connectivity index (χ4v) is 3.05. The summed E-state index contributed by atoms with van der Waals surface area (Å²) in [4.78, 5) is 0. The van der Waals surface area contributed by atoms with Gasteiger partial charge in [0.25, 0.3) is 0 Å². The fraction of sp³-hybridized carbons (Fsp3) is 0.538. The van der Waals surface area contributed by atoms with Gasteiger partial charge in [-0.3, -0.25) is 0 Å². The smallest absolute Gasteiger partial charge is 0.141 e. The van der Waals surface area contributed by atoms with Crippen LogP contribution in [0.2, 0.25) is 5.02 Å². The molecule has 3 nitrogen and oxygen atoms in total. The van der Waals surface area contributed by atoms with E-state index >= 15 is 0 Å². The number of hydrogen-bond donors (Lipinski definition) is 1. The monoisotopic (exact) mass is 253 g/mol. The molecule has 1 aromatic carbocycles. The van der Waals surface area contributed by atoms with Gasteiger partial charge in [0.2, 0.25) is 0 Å². The summed E-state index contributed by atoms with van der Waals surface area (Å²) in [7, 11) is 0. The molecule has 2 aliphatic heterocycles. The molecule has 0 amide bonds. The van der Waals surface area contributed by atoms with Crippen molar-refractivity contribution in [3.8, 4) is 11.5 Å². The minimum atomic E-state index is 0.491. The number of benzene rings is 1. The van der Waals surface area contributed by atoms with Gasteiger partial charge in [-0.15, -0.1) is 0 Å². The highest BCUT2D eigenvalue weighted by Gasteiger charge is 2.27. The Balaban J connectivity index is 2.25. The van der Waals surface area contributed by atoms with Gasteiger partial charge < -0.3 is 15.2 Å². The summed E-state index contributed by atoms with van der Waals surface area (Å²) in [6.07, 6.45) is 3.97. The summed E-state index contributed by atoms with van der Waals surface area (Å²) < 4.78 is 11.5. The van der Waals surface area contributed by atoms with Crippen LogP contribution in [0, 0.1) is 0 Å². The molecule has 2 heterocycles. The van der Waals surface area contributed by atoms with E-state index < -0.39 is 0 Å². The van der Waals surface area contributed by atoms with Crippen LogP contribution >= 0.6 is 11.6 Å². The molecule has 0 saturated heterocycles. The molecule has 0 saturated carbocycles. The van der Waals surface area contributed by atoms with Crippen molar-refractivity contribution in [1.82, 2.24) is 0 Å². The van der Waals surface area contributed by atoms with E-state index in [0.717, 1.165) is 72.1 Å². The lowest BCUT2D eigenvalue weighted by Crippen LogP contribution is -2.19. The second-order valence-corrected chi connectivity index (χ2v) is 4.89. The molecule has 0 spiro atoms. The standard InChI is InChI=1S/C13H16ClNO2/c14-11-9-4-2-5-16-12(9)10(7-15)8-3-1-6-17-13(8)11/h1-7,15H2. The molecule has 0 radical (unpaired) electrons. The molecule has 0 bridgehead atoms. The summed E-state index contributed by atoms with van der Waals surface area (Å²) in [5.41, 5.74) is 9.20. The molecule has 0 aromatic heterocycles. The topological polar surface area (TPSA) is 44.5 Å². The first-order chi connectivity index (χ1) is 8.33. The second-order valence-electron chi connectivity index (χ2n) is 4.52. The molecule has 2 aliphatic rings. The van der Waals surface area contributed by atoms with Crippen LogP contribution in [0.15, 0.2) is 0 Å². The summed E-state index contributed by atoms with van der Waals surface area (Å²) in [5.74, 6) is 1.77. The van der Waals surface area contributed by atoms with Crippen molar-refractivity contribution in [2.75, 3.05) is 13.2 Å². The minimum absolute atomic E-state index is 0.491. The Morgan fingerprint density at radius 1 is 1.00 bits per heavy atom. The van der Waals surface area contributed by atoms with Gasteiger partial charge in [-0.2, -0.15) is 0 Å². The van der Waals surface area contributed by atoms with Crippen LogP contribution in [0.1, 0.15) is 29.5 Å². The highest BCUT2D eigenvalue weighted by Crippen LogP contribution is 2.45. The molecular formula is C13H16ClNO2. The SMILES string of the molecule is NCc1c2c(c(Cl)c3c1OCCC3)OCCC2. The van der Waals surface area contributed by atoms with Crippen molar-refractivity contribution in [1.29, 1.82) is 0 Å². The van der Waals surface area contributed by atoms with Gasteiger partial charge in [-0.05, 0) is 25.7 Å². The number of halogens is 1. The number of nitrogens with two attached hydrogens (primary N) is 1. The summed E-state index contributed by atoms with van der Waals surface area (Å²) in [6, 6.07) is 0. The number of rotatable bonds is 1. The Hall–Kier alpha value is -0.930. The van der Waals surface area contributed by atoms with Gasteiger partial charge in [0.15, 0.2) is 0 Å². The molecule has 3 rings (SSSR count). The zero-order valence-electron chi connectivity index (χ0n) is 9.72. The van der Waals surface area contributed by atoms with Gasteiger partial charge >= 0.3 is 0 Å². The van der Waals surface area contributed by atoms with Gasteiger partial charge in [-0.1, -0.05) is 11.6 Å². The summed E-state index contributed by atoms with van der Waals surface area (Å²) >= 11 is 6.43. The third-order valence-electron chi connectivity index (χ3n) is 3.49. The van der Waals surface area contributed by atoms with Gasteiger partial charge in [0.1, 0.15) is 11.5 Å². The van der Waals surface area contributed by atoms with Crippen LogP contribution in [0.25, 0.3) is 0 Å². The molecule has 0 fully saturated rings. The molecule has 92 valence electrons. The molecule has 0 unspecified atom stereocenters. The van der Waals surface area contributed by atoms with Crippen LogP contribution in [0.5, 0.6) is 11.5 Å². The number of ether oxygens (including phenoxy) is 2. The maximum atomic E-state index is 6.43. The maximum Gasteiger partial charge on any atom is 0.141 e. The number of hydrogen-bond acceptors (Lipinski definition) is 3. The van der Waals surface area contributed by atoms with E-state index in [1.54, 1.807) is 0 Å². The Bertz CT molecular complexity index is 422. The van der Waals surface area contributed by atoms with Crippen LogP contribution in [0.4, 0.5) is 0 Å². The van der Waals surface area contributed by atoms with E-state index in [-0.39, 0.29) is 0 Å². The average Bonchev–Trinajstić information content (AvgIpc) is 2.40. The van der Waals surface area contributed by atoms with E-state index in [1.165, 1.54) is 0 Å². The molecule has 1 aromatic rings. The molecule has 17 heavy (non-hydrogen) atoms. The van der Waals surface area contributed by atoms with E-state index in [0.29, 0.717) is 6.54 Å². The molecule has 2 N–H and O–H groups in total. The van der Waals surface area contributed by atoms with Crippen LogP contribution in [0.3, 0.4) is 0 Å². The first-order valence-electron chi connectivity index (χ1n) is 6.14. The average molecular weight is 254 g/mol. The molecule has 4 heteroatoms. The molecule has 0 aliphatic carbocycles. The second kappa shape index (κ2) is 4.39. The van der Waals surface area contributed by atoms with Crippen LogP contribution in [-0.2, 0) is 19.4 Å². The summed E-state index contributed by atoms with van der Waals surface area (Å²) in [6.45, 7) is 2.00. The summed E-state index contributed by atoms with van der Waals surface area (Å²) in [5, 5.41) is 0.742. The zero-order valence-corrected chi connectivity index (χ0v) is 10.5.